The third-order valence-corrected chi connectivity index (χ3v) is 7.11. The molecule has 0 saturated heterocycles. The molecule has 7 heteroatoms. The molecule has 0 fully saturated rings. The van der Waals surface area contributed by atoms with Crippen molar-refractivity contribution in [2.75, 3.05) is 46.1 Å². The molecule has 7 nitrogen and oxygen atoms in total. The van der Waals surface area contributed by atoms with Gasteiger partial charge >= 0.3 is 0 Å². The molecule has 0 spiro atoms. The molecule has 1 aliphatic rings. The second-order valence-corrected chi connectivity index (χ2v) is 10.5. The first-order chi connectivity index (χ1) is 19.6. The summed E-state index contributed by atoms with van der Waals surface area (Å²) in [4.78, 5) is 15.4. The van der Waals surface area contributed by atoms with Gasteiger partial charge in [0, 0.05) is 19.5 Å². The van der Waals surface area contributed by atoms with Crippen molar-refractivity contribution >= 4 is 5.91 Å². The molecule has 40 heavy (non-hydrogen) atoms. The summed E-state index contributed by atoms with van der Waals surface area (Å²) in [6.45, 7) is 9.44. The highest BCUT2D eigenvalue weighted by atomic mass is 16.6. The molecule has 2 aromatic rings. The Hall–Kier alpha value is -2.93. The van der Waals surface area contributed by atoms with E-state index < -0.39 is 5.60 Å². The number of carbonyl (C=O) groups excluding carboxylic acids is 1. The molecule has 0 saturated carbocycles. The van der Waals surface area contributed by atoms with E-state index in [4.69, 9.17) is 23.7 Å². The van der Waals surface area contributed by atoms with Gasteiger partial charge in [0.15, 0.2) is 23.0 Å². The Morgan fingerprint density at radius 2 is 1.20 bits per heavy atom. The number of benzene rings is 2. The SMILES string of the molecule is CCCCCN(CCCCC)C(=O)COC1(CCC)COc2ccccc2OCCCOc2ccccc2OC1. The van der Waals surface area contributed by atoms with E-state index in [0.717, 1.165) is 64.5 Å². The van der Waals surface area contributed by atoms with E-state index in [1.165, 1.54) is 0 Å². The highest BCUT2D eigenvalue weighted by Crippen LogP contribution is 2.32. The van der Waals surface area contributed by atoms with Gasteiger partial charge in [-0.3, -0.25) is 4.79 Å². The lowest BCUT2D eigenvalue weighted by Crippen LogP contribution is -2.48. The summed E-state index contributed by atoms with van der Waals surface area (Å²) in [6, 6.07) is 15.3. The number of ether oxygens (including phenoxy) is 5. The zero-order valence-electron chi connectivity index (χ0n) is 24.8. The smallest absolute Gasteiger partial charge is 0.248 e. The van der Waals surface area contributed by atoms with Crippen LogP contribution in [0.3, 0.4) is 0 Å². The van der Waals surface area contributed by atoms with Gasteiger partial charge < -0.3 is 28.6 Å². The van der Waals surface area contributed by atoms with Gasteiger partial charge in [-0.2, -0.15) is 0 Å². The number of hydrogen-bond donors (Lipinski definition) is 0. The Bertz CT molecular complexity index is 933. The molecule has 0 N–H and O–H groups in total. The average Bonchev–Trinajstić information content (AvgIpc) is 2.97. The van der Waals surface area contributed by atoms with Crippen LogP contribution in [0.4, 0.5) is 0 Å². The number of amides is 1. The van der Waals surface area contributed by atoms with Gasteiger partial charge in [0.1, 0.15) is 25.4 Å². The molecule has 0 atom stereocenters. The normalized spacial score (nSPS) is 15.2. The number of hydrogen-bond acceptors (Lipinski definition) is 6. The number of unbranched alkanes of at least 4 members (excludes halogenated alkanes) is 4. The highest BCUT2D eigenvalue weighted by molar-refractivity contribution is 5.77. The van der Waals surface area contributed by atoms with Crippen molar-refractivity contribution in [2.24, 2.45) is 0 Å². The third-order valence-electron chi connectivity index (χ3n) is 7.11. The molecule has 0 aromatic heterocycles. The molecule has 0 aliphatic carbocycles. The summed E-state index contributed by atoms with van der Waals surface area (Å²) < 4.78 is 31.3. The van der Waals surface area contributed by atoms with Crippen molar-refractivity contribution in [2.45, 2.75) is 84.2 Å². The first-order valence-electron chi connectivity index (χ1n) is 15.2. The maximum Gasteiger partial charge on any atom is 0.248 e. The van der Waals surface area contributed by atoms with E-state index in [0.29, 0.717) is 42.6 Å². The standard InChI is InChI=1S/C33H49NO6/c1-4-7-13-21-34(22-14-8-5-2)32(35)25-40-33(20-6-3)26-38-30-18-11-9-16-28(30)36-23-15-24-37-29-17-10-12-19-31(29)39-27-33/h9-12,16-19H,4-8,13-15,20-27H2,1-3H3. The summed E-state index contributed by atoms with van der Waals surface area (Å²) in [5.74, 6) is 2.68. The van der Waals surface area contributed by atoms with Crippen LogP contribution in [0.5, 0.6) is 23.0 Å². The van der Waals surface area contributed by atoms with E-state index in [1.54, 1.807) is 0 Å². The first-order valence-corrected chi connectivity index (χ1v) is 15.2. The van der Waals surface area contributed by atoms with Crippen molar-refractivity contribution in [1.82, 2.24) is 4.90 Å². The number of para-hydroxylation sites is 4. The fraction of sp³-hybridized carbons (Fsp3) is 0.606. The Labute approximate surface area is 241 Å². The van der Waals surface area contributed by atoms with Crippen LogP contribution in [-0.4, -0.2) is 62.5 Å². The minimum absolute atomic E-state index is 0.0126. The van der Waals surface area contributed by atoms with Crippen LogP contribution in [0.2, 0.25) is 0 Å². The lowest BCUT2D eigenvalue weighted by Gasteiger charge is -2.34. The van der Waals surface area contributed by atoms with E-state index in [1.807, 2.05) is 53.4 Å². The molecule has 1 amide bonds. The van der Waals surface area contributed by atoms with Crippen LogP contribution in [0.15, 0.2) is 48.5 Å². The lowest BCUT2D eigenvalue weighted by atomic mass is 9.99. The van der Waals surface area contributed by atoms with Crippen molar-refractivity contribution < 1.29 is 28.5 Å². The molecule has 0 unspecified atom stereocenters. The van der Waals surface area contributed by atoms with Crippen molar-refractivity contribution in [3.63, 3.8) is 0 Å². The Balaban J connectivity index is 1.82. The zero-order chi connectivity index (χ0) is 28.5. The van der Waals surface area contributed by atoms with E-state index in [9.17, 15) is 4.79 Å². The molecular formula is C33H49NO6. The van der Waals surface area contributed by atoms with Gasteiger partial charge in [-0.25, -0.2) is 0 Å². The number of nitrogens with zero attached hydrogens (tertiary/aromatic N) is 1. The Morgan fingerprint density at radius 1 is 0.725 bits per heavy atom. The minimum atomic E-state index is -0.840. The maximum atomic E-state index is 13.5. The molecule has 2 aromatic carbocycles. The minimum Gasteiger partial charge on any atom is -0.490 e. The molecule has 3 rings (SSSR count). The molecule has 1 heterocycles. The first kappa shape index (κ1) is 31.6. The highest BCUT2D eigenvalue weighted by Gasteiger charge is 2.35. The molecular weight excluding hydrogens is 506 g/mol. The van der Waals surface area contributed by atoms with Gasteiger partial charge in [-0.1, -0.05) is 77.1 Å². The number of fused-ring (bicyclic) bond motifs is 2. The molecule has 222 valence electrons. The quantitative estimate of drug-likeness (QED) is 0.246. The maximum absolute atomic E-state index is 13.5. The Morgan fingerprint density at radius 3 is 1.65 bits per heavy atom. The second-order valence-electron chi connectivity index (χ2n) is 10.5. The lowest BCUT2D eigenvalue weighted by molar-refractivity contribution is -0.151. The van der Waals surface area contributed by atoms with Crippen molar-refractivity contribution in [1.29, 1.82) is 0 Å². The fourth-order valence-corrected chi connectivity index (χ4v) is 4.79. The Kier molecular flexibility index (Phi) is 14.0. The number of rotatable bonds is 13. The van der Waals surface area contributed by atoms with Gasteiger partial charge in [0.2, 0.25) is 5.91 Å². The van der Waals surface area contributed by atoms with Crippen LogP contribution < -0.4 is 18.9 Å². The zero-order valence-corrected chi connectivity index (χ0v) is 24.8. The largest absolute Gasteiger partial charge is 0.490 e. The third kappa shape index (κ3) is 10.2. The summed E-state index contributed by atoms with van der Waals surface area (Å²) in [5.41, 5.74) is -0.840. The van der Waals surface area contributed by atoms with Crippen LogP contribution in [0.25, 0.3) is 0 Å². The predicted molar refractivity (Wildman–Crippen MR) is 159 cm³/mol. The van der Waals surface area contributed by atoms with Gasteiger partial charge in [-0.05, 0) is 43.5 Å². The van der Waals surface area contributed by atoms with Crippen molar-refractivity contribution in [3.05, 3.63) is 48.5 Å². The topological polar surface area (TPSA) is 66.5 Å². The molecule has 1 aliphatic heterocycles. The molecule has 0 bridgehead atoms. The summed E-state index contributed by atoms with van der Waals surface area (Å²) in [5, 5.41) is 0. The summed E-state index contributed by atoms with van der Waals surface area (Å²) in [6.07, 6.45) is 8.72. The van der Waals surface area contributed by atoms with Gasteiger partial charge in [0.05, 0.1) is 13.2 Å². The van der Waals surface area contributed by atoms with E-state index in [-0.39, 0.29) is 25.7 Å². The second kappa shape index (κ2) is 17.7. The van der Waals surface area contributed by atoms with Crippen molar-refractivity contribution in [3.8, 4) is 23.0 Å². The molecule has 0 radical (unpaired) electrons. The van der Waals surface area contributed by atoms with Crippen LogP contribution in [0.1, 0.15) is 78.6 Å². The van der Waals surface area contributed by atoms with Gasteiger partial charge in [0.25, 0.3) is 0 Å². The predicted octanol–water partition coefficient (Wildman–Crippen LogP) is 7.07. The summed E-state index contributed by atoms with van der Waals surface area (Å²) in [7, 11) is 0. The van der Waals surface area contributed by atoms with E-state index in [2.05, 4.69) is 20.8 Å². The summed E-state index contributed by atoms with van der Waals surface area (Å²) >= 11 is 0. The monoisotopic (exact) mass is 555 g/mol. The van der Waals surface area contributed by atoms with E-state index >= 15 is 0 Å². The van der Waals surface area contributed by atoms with Crippen LogP contribution in [0, 0.1) is 0 Å². The number of carbonyl (C=O) groups is 1. The van der Waals surface area contributed by atoms with Gasteiger partial charge in [-0.15, -0.1) is 0 Å². The van der Waals surface area contributed by atoms with Crippen LogP contribution >= 0.6 is 0 Å². The van der Waals surface area contributed by atoms with Crippen LogP contribution in [-0.2, 0) is 9.53 Å². The average molecular weight is 556 g/mol. The fourth-order valence-electron chi connectivity index (χ4n) is 4.79.